The standard InChI is InChI=1S/C36H39N3O4/c1-5-30-33-29(37-38(30)4)23-41-21-10-9-20-39-34-28(19-18-24(3)32(33)34)27(35(39)36(40)42-6-2)16-12-22-43-31-17-11-14-25-13-7-8-15-26(25)31/h7-11,13-15,17-19H,5-6,12,16,20-23H2,1-4H3. The molecule has 43 heavy (non-hydrogen) atoms. The lowest BCUT2D eigenvalue weighted by Crippen LogP contribution is -2.15. The first-order valence-corrected chi connectivity index (χ1v) is 15.2. The molecule has 0 radical (unpaired) electrons. The van der Waals surface area contributed by atoms with Crippen LogP contribution in [0.1, 0.15) is 53.3 Å². The fourth-order valence-corrected chi connectivity index (χ4v) is 6.44. The Bertz CT molecular complexity index is 1820. The lowest BCUT2D eigenvalue weighted by molar-refractivity contribution is 0.0513. The number of esters is 1. The molecule has 3 heterocycles. The molecule has 0 atom stereocenters. The number of fused-ring (bicyclic) bond motifs is 3. The average molecular weight is 578 g/mol. The highest BCUT2D eigenvalue weighted by atomic mass is 16.5. The zero-order valence-corrected chi connectivity index (χ0v) is 25.5. The number of rotatable bonds is 8. The summed E-state index contributed by atoms with van der Waals surface area (Å²) >= 11 is 0. The number of allylic oxidation sites excluding steroid dienone is 1. The zero-order valence-electron chi connectivity index (χ0n) is 25.5. The second kappa shape index (κ2) is 12.5. The SMILES string of the molecule is CCOC(=O)c1c(CCCOc2cccc3ccccc23)c2ccc(C)c3c2n1CC=CCOCc1nn(C)c(CC)c1-3. The Morgan fingerprint density at radius 2 is 1.84 bits per heavy atom. The van der Waals surface area contributed by atoms with Crippen molar-refractivity contribution in [2.24, 2.45) is 7.05 Å². The van der Waals surface area contributed by atoms with Gasteiger partial charge in [0, 0.05) is 41.2 Å². The maximum absolute atomic E-state index is 13.7. The Morgan fingerprint density at radius 3 is 2.67 bits per heavy atom. The average Bonchev–Trinajstić information content (AvgIpc) is 3.49. The maximum atomic E-state index is 13.7. The van der Waals surface area contributed by atoms with Crippen LogP contribution in [0.3, 0.4) is 0 Å². The molecule has 0 N–H and O–H groups in total. The van der Waals surface area contributed by atoms with Crippen LogP contribution in [0, 0.1) is 6.92 Å². The number of carbonyl (C=O) groups excluding carboxylic acids is 1. The van der Waals surface area contributed by atoms with E-state index in [0.717, 1.165) is 73.9 Å². The van der Waals surface area contributed by atoms with Gasteiger partial charge in [-0.3, -0.25) is 4.68 Å². The summed E-state index contributed by atoms with van der Waals surface area (Å²) in [6.45, 7) is 8.43. The molecule has 7 nitrogen and oxygen atoms in total. The summed E-state index contributed by atoms with van der Waals surface area (Å²) in [7, 11) is 2.00. The third kappa shape index (κ3) is 5.34. The molecule has 3 aromatic carbocycles. The minimum atomic E-state index is -0.297. The zero-order chi connectivity index (χ0) is 29.9. The van der Waals surface area contributed by atoms with Crippen molar-refractivity contribution in [3.8, 4) is 16.9 Å². The van der Waals surface area contributed by atoms with Gasteiger partial charge in [0.15, 0.2) is 0 Å². The van der Waals surface area contributed by atoms with Gasteiger partial charge < -0.3 is 18.8 Å². The Morgan fingerprint density at radius 1 is 1.00 bits per heavy atom. The number of aromatic nitrogens is 3. The Hall–Kier alpha value is -4.36. The van der Waals surface area contributed by atoms with Crippen LogP contribution >= 0.6 is 0 Å². The lowest BCUT2D eigenvalue weighted by Gasteiger charge is -2.15. The molecule has 0 fully saturated rings. The maximum Gasteiger partial charge on any atom is 0.355 e. The highest BCUT2D eigenvalue weighted by Gasteiger charge is 2.29. The summed E-state index contributed by atoms with van der Waals surface area (Å²) in [5.74, 6) is 0.580. The van der Waals surface area contributed by atoms with Crippen molar-refractivity contribution in [3.63, 3.8) is 0 Å². The van der Waals surface area contributed by atoms with Crippen LogP contribution in [0.15, 0.2) is 66.7 Å². The second-order valence-electron chi connectivity index (χ2n) is 11.0. The minimum Gasteiger partial charge on any atom is -0.493 e. The summed E-state index contributed by atoms with van der Waals surface area (Å²) < 4.78 is 22.1. The number of benzene rings is 3. The quantitative estimate of drug-likeness (QED) is 0.110. The van der Waals surface area contributed by atoms with Crippen molar-refractivity contribution in [1.29, 1.82) is 0 Å². The molecule has 2 aromatic heterocycles. The number of carbonyl (C=O) groups is 1. The third-order valence-electron chi connectivity index (χ3n) is 8.32. The molecular formula is C36H39N3O4. The molecule has 0 spiro atoms. The summed E-state index contributed by atoms with van der Waals surface area (Å²) in [5, 5.41) is 8.21. The molecule has 0 amide bonds. The molecule has 0 saturated heterocycles. The number of hydrogen-bond acceptors (Lipinski definition) is 5. The van der Waals surface area contributed by atoms with Gasteiger partial charge in [-0.15, -0.1) is 0 Å². The van der Waals surface area contributed by atoms with E-state index in [4.69, 9.17) is 19.3 Å². The number of nitrogens with zero attached hydrogens (tertiary/aromatic N) is 3. The van der Waals surface area contributed by atoms with Gasteiger partial charge >= 0.3 is 5.97 Å². The summed E-state index contributed by atoms with van der Waals surface area (Å²) in [6, 6.07) is 18.7. The van der Waals surface area contributed by atoms with Crippen molar-refractivity contribution in [3.05, 3.63) is 95.0 Å². The van der Waals surface area contributed by atoms with E-state index in [2.05, 4.69) is 54.8 Å². The van der Waals surface area contributed by atoms with Crippen LogP contribution in [0.5, 0.6) is 5.75 Å². The van der Waals surface area contributed by atoms with E-state index in [0.29, 0.717) is 45.1 Å². The van der Waals surface area contributed by atoms with E-state index >= 15 is 0 Å². The molecule has 222 valence electrons. The molecule has 6 rings (SSSR count). The van der Waals surface area contributed by atoms with Crippen molar-refractivity contribution >= 4 is 27.6 Å². The van der Waals surface area contributed by atoms with Crippen molar-refractivity contribution in [2.45, 2.75) is 53.2 Å². The van der Waals surface area contributed by atoms with E-state index in [1.165, 1.54) is 0 Å². The van der Waals surface area contributed by atoms with Gasteiger partial charge in [0.1, 0.15) is 11.4 Å². The fourth-order valence-electron chi connectivity index (χ4n) is 6.44. The molecule has 1 aliphatic heterocycles. The van der Waals surface area contributed by atoms with Crippen LogP contribution in [0.2, 0.25) is 0 Å². The molecule has 7 heteroatoms. The van der Waals surface area contributed by atoms with Gasteiger partial charge in [0.25, 0.3) is 0 Å². The minimum absolute atomic E-state index is 0.297. The largest absolute Gasteiger partial charge is 0.493 e. The first-order valence-electron chi connectivity index (χ1n) is 15.2. The molecule has 1 aliphatic rings. The molecule has 0 saturated carbocycles. The molecular weight excluding hydrogens is 538 g/mol. The predicted molar refractivity (Wildman–Crippen MR) is 171 cm³/mol. The normalized spacial score (nSPS) is 13.2. The molecule has 0 unspecified atom stereocenters. The van der Waals surface area contributed by atoms with Gasteiger partial charge in [-0.05, 0) is 55.7 Å². The van der Waals surface area contributed by atoms with E-state index in [1.807, 2.05) is 49.0 Å². The Kier molecular flexibility index (Phi) is 8.34. The first kappa shape index (κ1) is 28.7. The van der Waals surface area contributed by atoms with E-state index in [-0.39, 0.29) is 5.97 Å². The number of aryl methyl sites for hydroxylation is 3. The highest BCUT2D eigenvalue weighted by Crippen LogP contribution is 2.41. The van der Waals surface area contributed by atoms with Crippen LogP contribution in [0.25, 0.3) is 32.8 Å². The fraction of sp³-hybridized carbons (Fsp3) is 0.333. The van der Waals surface area contributed by atoms with E-state index in [9.17, 15) is 4.79 Å². The van der Waals surface area contributed by atoms with E-state index < -0.39 is 0 Å². The summed E-state index contributed by atoms with van der Waals surface area (Å²) in [6.07, 6.45) is 6.35. The molecule has 5 aromatic rings. The van der Waals surface area contributed by atoms with Gasteiger partial charge in [0.05, 0.1) is 37.6 Å². The van der Waals surface area contributed by atoms with Gasteiger partial charge in [-0.25, -0.2) is 4.79 Å². The van der Waals surface area contributed by atoms with Gasteiger partial charge in [-0.2, -0.15) is 5.10 Å². The summed E-state index contributed by atoms with van der Waals surface area (Å²) in [4.78, 5) is 13.7. The number of hydrogen-bond donors (Lipinski definition) is 0. The topological polar surface area (TPSA) is 67.5 Å². The third-order valence-corrected chi connectivity index (χ3v) is 8.32. The van der Waals surface area contributed by atoms with Crippen LogP contribution in [0.4, 0.5) is 0 Å². The van der Waals surface area contributed by atoms with Crippen LogP contribution in [-0.2, 0) is 42.5 Å². The van der Waals surface area contributed by atoms with E-state index in [1.54, 1.807) is 0 Å². The second-order valence-corrected chi connectivity index (χ2v) is 11.0. The van der Waals surface area contributed by atoms with Gasteiger partial charge in [-0.1, -0.05) is 67.6 Å². The lowest BCUT2D eigenvalue weighted by atomic mass is 9.93. The molecule has 0 aliphatic carbocycles. The van der Waals surface area contributed by atoms with Crippen molar-refractivity contribution in [1.82, 2.24) is 14.3 Å². The Balaban J connectivity index is 1.47. The number of ether oxygens (including phenoxy) is 3. The first-order chi connectivity index (χ1) is 21.0. The predicted octanol–water partition coefficient (Wildman–Crippen LogP) is 7.34. The van der Waals surface area contributed by atoms with Crippen molar-refractivity contribution < 1.29 is 19.0 Å². The Labute approximate surface area is 252 Å². The monoisotopic (exact) mass is 577 g/mol. The molecule has 0 bridgehead atoms. The van der Waals surface area contributed by atoms with Crippen molar-refractivity contribution in [2.75, 3.05) is 19.8 Å². The van der Waals surface area contributed by atoms with Crippen LogP contribution in [-0.4, -0.2) is 40.1 Å². The smallest absolute Gasteiger partial charge is 0.355 e. The highest BCUT2D eigenvalue weighted by molar-refractivity contribution is 6.05. The van der Waals surface area contributed by atoms with Crippen LogP contribution < -0.4 is 4.74 Å². The van der Waals surface area contributed by atoms with Gasteiger partial charge in [0.2, 0.25) is 0 Å². The summed E-state index contributed by atoms with van der Waals surface area (Å²) in [5.41, 5.74) is 8.08.